The van der Waals surface area contributed by atoms with Gasteiger partial charge in [0.2, 0.25) is 0 Å². The maximum absolute atomic E-state index is 12.4. The minimum absolute atomic E-state index is 0.0154. The maximum Gasteiger partial charge on any atom is 0.338 e. The zero-order valence-corrected chi connectivity index (χ0v) is 21.6. The second kappa shape index (κ2) is 12.4. The molecular formula is C22H33N2O4PS2. The molecule has 2 rings (SSSR count). The predicted octanol–water partition coefficient (Wildman–Crippen LogP) is 6.05. The van der Waals surface area contributed by atoms with Crippen LogP contribution in [0.25, 0.3) is 0 Å². The van der Waals surface area contributed by atoms with Gasteiger partial charge in [0.05, 0.1) is 36.0 Å². The van der Waals surface area contributed by atoms with E-state index in [1.54, 1.807) is 33.7 Å². The third kappa shape index (κ3) is 7.63. The lowest BCUT2D eigenvalue weighted by Gasteiger charge is -2.39. The van der Waals surface area contributed by atoms with Crippen LogP contribution < -0.4 is 0 Å². The molecule has 1 aliphatic heterocycles. The lowest BCUT2D eigenvalue weighted by molar-refractivity contribution is 0.0430. The Labute approximate surface area is 195 Å². The normalized spacial score (nSPS) is 21.4. The number of carbonyl (C=O) groups excluding carboxylic acids is 1. The van der Waals surface area contributed by atoms with Gasteiger partial charge in [-0.2, -0.15) is 5.26 Å². The summed E-state index contributed by atoms with van der Waals surface area (Å²) in [7, 11) is 2.07. The smallest absolute Gasteiger partial charge is 0.338 e. The summed E-state index contributed by atoms with van der Waals surface area (Å²) in [4.78, 5) is 12.4. The molecule has 31 heavy (non-hydrogen) atoms. The van der Waals surface area contributed by atoms with Gasteiger partial charge in [-0.1, -0.05) is 39.8 Å². The Morgan fingerprint density at radius 2 is 1.87 bits per heavy atom. The van der Waals surface area contributed by atoms with Crippen LogP contribution in [0.1, 0.15) is 58.3 Å². The topological polar surface area (TPSA) is 71.8 Å². The first kappa shape index (κ1) is 26.4. The van der Waals surface area contributed by atoms with Crippen LogP contribution in [-0.2, 0) is 13.8 Å². The molecule has 0 N–H and O–H groups in total. The molecule has 1 aromatic rings. The quantitative estimate of drug-likeness (QED) is 0.163. The Kier molecular flexibility index (Phi) is 10.6. The number of nitriles is 1. The fourth-order valence-electron chi connectivity index (χ4n) is 3.25. The van der Waals surface area contributed by atoms with Crippen LogP contribution in [0.15, 0.2) is 30.3 Å². The first-order chi connectivity index (χ1) is 14.7. The molecular weight excluding hydrogens is 451 g/mol. The van der Waals surface area contributed by atoms with Gasteiger partial charge in [-0.05, 0) is 53.7 Å². The average molecular weight is 485 g/mol. The summed E-state index contributed by atoms with van der Waals surface area (Å²) >= 11 is 0. The molecule has 0 radical (unpaired) electrons. The van der Waals surface area contributed by atoms with Crippen molar-refractivity contribution in [1.82, 2.24) is 4.67 Å². The van der Waals surface area contributed by atoms with Gasteiger partial charge in [0.15, 0.2) is 0 Å². The second-order valence-corrected chi connectivity index (χ2v) is 12.9. The molecule has 1 unspecified atom stereocenters. The number of nitrogens with zero attached hydrogens (tertiary/aromatic N) is 2. The molecule has 0 aromatic heterocycles. The molecule has 1 aromatic carbocycles. The van der Waals surface area contributed by atoms with Gasteiger partial charge >= 0.3 is 5.97 Å². The third-order valence-corrected chi connectivity index (χ3v) is 10.5. The number of esters is 1. The second-order valence-electron chi connectivity index (χ2n) is 8.36. The molecule has 0 amide bonds. The van der Waals surface area contributed by atoms with Crippen molar-refractivity contribution in [1.29, 1.82) is 5.26 Å². The lowest BCUT2D eigenvalue weighted by Crippen LogP contribution is -2.42. The van der Waals surface area contributed by atoms with Crippen LogP contribution in [0.4, 0.5) is 0 Å². The van der Waals surface area contributed by atoms with E-state index in [1.165, 1.54) is 0 Å². The molecule has 1 saturated heterocycles. The Morgan fingerprint density at radius 3 is 2.45 bits per heavy atom. The molecule has 0 saturated carbocycles. The van der Waals surface area contributed by atoms with E-state index in [1.807, 2.05) is 18.2 Å². The molecule has 0 bridgehead atoms. The van der Waals surface area contributed by atoms with Crippen molar-refractivity contribution in [2.45, 2.75) is 76.1 Å². The van der Waals surface area contributed by atoms with Crippen LogP contribution in [0.5, 0.6) is 0 Å². The first-order valence-corrected chi connectivity index (χ1v) is 13.8. The van der Waals surface area contributed by atoms with Gasteiger partial charge in [0, 0.05) is 16.8 Å². The first-order valence-electron chi connectivity index (χ1n) is 10.5. The van der Waals surface area contributed by atoms with Crippen LogP contribution in [0, 0.1) is 11.3 Å². The molecule has 3 atom stereocenters. The number of ether oxygens (including phenoxy) is 1. The van der Waals surface area contributed by atoms with Crippen LogP contribution >= 0.6 is 30.1 Å². The van der Waals surface area contributed by atoms with E-state index in [0.29, 0.717) is 18.6 Å². The number of carbonyl (C=O) groups is 1. The standard InChI is InChI=1S/C22H33N2O4PS2/c1-16(2)24(17(3)4)29(27-14-10-13-23)28-20-19(30-31-22(20,5)6)15-26-21(25)18-11-8-7-9-12-18/h7-9,11-12,16-17,19-20H,10,14-15H2,1-6H3/t19-,20-,29?/m0/s1. The molecule has 1 aliphatic rings. The lowest BCUT2D eigenvalue weighted by atomic mass is 10.0. The Hall–Kier alpha value is -0.810. The fourth-order valence-corrected chi connectivity index (χ4v) is 8.57. The molecule has 172 valence electrons. The highest BCUT2D eigenvalue weighted by Gasteiger charge is 2.48. The van der Waals surface area contributed by atoms with Gasteiger partial charge in [0.25, 0.3) is 8.53 Å². The highest BCUT2D eigenvalue weighted by molar-refractivity contribution is 8.77. The molecule has 0 spiro atoms. The Balaban J connectivity index is 2.13. The predicted molar refractivity (Wildman–Crippen MR) is 130 cm³/mol. The highest BCUT2D eigenvalue weighted by atomic mass is 33.1. The van der Waals surface area contributed by atoms with E-state index >= 15 is 0 Å². The van der Waals surface area contributed by atoms with E-state index in [4.69, 9.17) is 19.0 Å². The SMILES string of the molecule is CC(C)N(C(C)C)P(OCCC#N)O[C@H]1[C@H](COC(=O)c2ccccc2)SSC1(C)C. The van der Waals surface area contributed by atoms with Crippen LogP contribution in [-0.4, -0.2) is 52.0 Å². The van der Waals surface area contributed by atoms with E-state index in [-0.39, 0.29) is 40.8 Å². The van der Waals surface area contributed by atoms with E-state index in [2.05, 4.69) is 52.3 Å². The van der Waals surface area contributed by atoms with Gasteiger partial charge < -0.3 is 13.8 Å². The Morgan fingerprint density at radius 1 is 1.23 bits per heavy atom. The summed E-state index contributed by atoms with van der Waals surface area (Å²) in [6.07, 6.45) is 0.154. The fraction of sp³-hybridized carbons (Fsp3) is 0.636. The largest absolute Gasteiger partial charge is 0.461 e. The minimum atomic E-state index is -1.37. The van der Waals surface area contributed by atoms with Crippen LogP contribution in [0.2, 0.25) is 0 Å². The van der Waals surface area contributed by atoms with Gasteiger partial charge in [-0.3, -0.25) is 0 Å². The number of rotatable bonds is 11. The van der Waals surface area contributed by atoms with Crippen molar-refractivity contribution < 1.29 is 18.6 Å². The highest BCUT2D eigenvalue weighted by Crippen LogP contribution is 2.58. The van der Waals surface area contributed by atoms with E-state index < -0.39 is 8.53 Å². The van der Waals surface area contributed by atoms with Gasteiger partial charge in [-0.25, -0.2) is 9.46 Å². The number of hydrogen-bond acceptors (Lipinski definition) is 8. The molecule has 9 heteroatoms. The van der Waals surface area contributed by atoms with Crippen molar-refractivity contribution in [2.75, 3.05) is 13.2 Å². The summed E-state index contributed by atoms with van der Waals surface area (Å²) in [6, 6.07) is 11.6. The zero-order chi connectivity index (χ0) is 23.0. The van der Waals surface area contributed by atoms with Gasteiger partial charge in [-0.15, -0.1) is 0 Å². The van der Waals surface area contributed by atoms with Crippen molar-refractivity contribution in [2.24, 2.45) is 0 Å². The summed E-state index contributed by atoms with van der Waals surface area (Å²) in [5, 5.41) is 8.91. The van der Waals surface area contributed by atoms with Crippen LogP contribution in [0.3, 0.4) is 0 Å². The molecule has 0 aliphatic carbocycles. The van der Waals surface area contributed by atoms with Crippen molar-refractivity contribution in [3.63, 3.8) is 0 Å². The molecule has 1 fully saturated rings. The maximum atomic E-state index is 12.4. The molecule has 6 nitrogen and oxygen atoms in total. The summed E-state index contributed by atoms with van der Waals surface area (Å²) in [6.45, 7) is 13.4. The third-order valence-electron chi connectivity index (χ3n) is 4.66. The average Bonchev–Trinajstić information content (AvgIpc) is 3.00. The summed E-state index contributed by atoms with van der Waals surface area (Å²) in [5.74, 6) is -0.326. The van der Waals surface area contributed by atoms with Crippen molar-refractivity contribution in [3.05, 3.63) is 35.9 Å². The van der Waals surface area contributed by atoms with E-state index in [0.717, 1.165) is 0 Å². The zero-order valence-electron chi connectivity index (χ0n) is 19.1. The number of hydrogen-bond donors (Lipinski definition) is 0. The Bertz CT molecular complexity index is 735. The van der Waals surface area contributed by atoms with Crippen molar-refractivity contribution >= 4 is 36.1 Å². The summed E-state index contributed by atoms with van der Waals surface area (Å²) < 4.78 is 20.4. The monoisotopic (exact) mass is 484 g/mol. The van der Waals surface area contributed by atoms with Crippen molar-refractivity contribution in [3.8, 4) is 6.07 Å². The van der Waals surface area contributed by atoms with E-state index in [9.17, 15) is 4.79 Å². The van der Waals surface area contributed by atoms with Gasteiger partial charge in [0.1, 0.15) is 6.61 Å². The summed E-state index contributed by atoms with van der Waals surface area (Å²) in [5.41, 5.74) is 0.544. The minimum Gasteiger partial charge on any atom is -0.461 e. The molecule has 1 heterocycles. The number of benzene rings is 1.